The number of fused-ring (bicyclic) bond motifs is 1. The van der Waals surface area contributed by atoms with E-state index < -0.39 is 0 Å². The Kier molecular flexibility index (Phi) is 4.49. The smallest absolute Gasteiger partial charge is 0.236 e. The quantitative estimate of drug-likeness (QED) is 0.463. The number of benzene rings is 1. The molecule has 4 heterocycles. The Hall–Kier alpha value is -2.51. The predicted molar refractivity (Wildman–Crippen MR) is 112 cm³/mol. The van der Waals surface area contributed by atoms with Crippen LogP contribution in [0.15, 0.2) is 46.2 Å². The molecule has 0 radical (unpaired) electrons. The molecule has 1 fully saturated rings. The van der Waals surface area contributed by atoms with Crippen LogP contribution in [0.4, 0.5) is 0 Å². The first-order valence-corrected chi connectivity index (χ1v) is 11.0. The number of likely N-dealkylation sites (tertiary alicyclic amines) is 1. The van der Waals surface area contributed by atoms with Crippen molar-refractivity contribution in [1.82, 2.24) is 14.9 Å². The molecule has 0 N–H and O–H groups in total. The van der Waals surface area contributed by atoms with Crippen molar-refractivity contribution in [3.63, 3.8) is 0 Å². The van der Waals surface area contributed by atoms with E-state index in [0.717, 1.165) is 40.5 Å². The molecule has 1 aliphatic heterocycles. The van der Waals surface area contributed by atoms with Gasteiger partial charge in [0.15, 0.2) is 0 Å². The Morgan fingerprint density at radius 2 is 2.14 bits per heavy atom. The summed E-state index contributed by atoms with van der Waals surface area (Å²) in [5.41, 5.74) is 1.73. The molecule has 5 nitrogen and oxygen atoms in total. The second kappa shape index (κ2) is 7.14. The predicted octanol–water partition coefficient (Wildman–Crippen LogP) is 5.23. The number of carbonyl (C=O) groups is 1. The minimum absolute atomic E-state index is 0.0638. The monoisotopic (exact) mass is 409 g/mol. The minimum Gasteiger partial charge on any atom is -0.440 e. The van der Waals surface area contributed by atoms with E-state index in [1.165, 1.54) is 4.70 Å². The van der Waals surface area contributed by atoms with Crippen LogP contribution < -0.4 is 0 Å². The Morgan fingerprint density at radius 1 is 1.25 bits per heavy atom. The van der Waals surface area contributed by atoms with Gasteiger partial charge < -0.3 is 9.32 Å². The van der Waals surface area contributed by atoms with Gasteiger partial charge in [0.2, 0.25) is 11.8 Å². The van der Waals surface area contributed by atoms with Crippen LogP contribution in [-0.4, -0.2) is 27.3 Å². The SMILES string of the molecule is Cc1oc(-c2cccs2)nc1CC(=O)N1CCC[C@@H]1c1nc2ccccc2s1. The van der Waals surface area contributed by atoms with Crippen LogP contribution in [0.5, 0.6) is 0 Å². The number of hydrogen-bond donors (Lipinski definition) is 0. The van der Waals surface area contributed by atoms with Gasteiger partial charge in [0.05, 0.1) is 33.3 Å². The molecule has 0 unspecified atom stereocenters. The lowest BCUT2D eigenvalue weighted by Gasteiger charge is -2.22. The number of nitrogens with zero attached hydrogens (tertiary/aromatic N) is 3. The average Bonchev–Trinajstić information content (AvgIpc) is 3.47. The number of thiazole rings is 1. The zero-order valence-corrected chi connectivity index (χ0v) is 17.1. The summed E-state index contributed by atoms with van der Waals surface area (Å²) in [5, 5.41) is 3.02. The lowest BCUT2D eigenvalue weighted by atomic mass is 10.2. The maximum absolute atomic E-state index is 13.1. The number of carbonyl (C=O) groups excluding carboxylic acids is 1. The van der Waals surface area contributed by atoms with Crippen molar-refractivity contribution in [2.75, 3.05) is 6.54 Å². The molecule has 1 aliphatic rings. The summed E-state index contributed by atoms with van der Waals surface area (Å²) >= 11 is 3.27. The maximum atomic E-state index is 13.1. The summed E-state index contributed by atoms with van der Waals surface area (Å²) in [6.07, 6.45) is 2.23. The van der Waals surface area contributed by atoms with Crippen molar-refractivity contribution in [2.24, 2.45) is 0 Å². The third-order valence-electron chi connectivity index (χ3n) is 5.11. The fourth-order valence-corrected chi connectivity index (χ4v) is 5.46. The van der Waals surface area contributed by atoms with E-state index in [0.29, 0.717) is 11.7 Å². The van der Waals surface area contributed by atoms with Crippen LogP contribution >= 0.6 is 22.7 Å². The zero-order chi connectivity index (χ0) is 19.1. The topological polar surface area (TPSA) is 59.2 Å². The standard InChI is InChI=1S/C21H19N3O2S2/c1-13-15(22-20(26-13)18-9-5-11-27-18)12-19(25)24-10-4-7-16(24)21-23-14-6-2-3-8-17(14)28-21/h2-3,5-6,8-9,11,16H,4,7,10,12H2,1H3/t16-/m1/s1. The van der Waals surface area contributed by atoms with Crippen molar-refractivity contribution >= 4 is 38.8 Å². The summed E-state index contributed by atoms with van der Waals surface area (Å²) in [6, 6.07) is 12.2. The first-order chi connectivity index (χ1) is 13.7. The Morgan fingerprint density at radius 3 is 2.96 bits per heavy atom. The van der Waals surface area contributed by atoms with Gasteiger partial charge >= 0.3 is 0 Å². The fraction of sp³-hybridized carbons (Fsp3) is 0.286. The number of aryl methyl sites for hydroxylation is 1. The Bertz CT molecular complexity index is 1100. The Labute approximate surface area is 170 Å². The normalized spacial score (nSPS) is 16.9. The van der Waals surface area contributed by atoms with Gasteiger partial charge in [0.1, 0.15) is 10.8 Å². The highest BCUT2D eigenvalue weighted by molar-refractivity contribution is 7.18. The second-order valence-electron chi connectivity index (χ2n) is 6.94. The summed E-state index contributed by atoms with van der Waals surface area (Å²) < 4.78 is 6.96. The highest BCUT2D eigenvalue weighted by Crippen LogP contribution is 2.37. The maximum Gasteiger partial charge on any atom is 0.236 e. The highest BCUT2D eigenvalue weighted by atomic mass is 32.1. The lowest BCUT2D eigenvalue weighted by Crippen LogP contribution is -2.32. The van der Waals surface area contributed by atoms with Crippen molar-refractivity contribution in [3.8, 4) is 10.8 Å². The van der Waals surface area contributed by atoms with Crippen LogP contribution in [0, 0.1) is 6.92 Å². The fourth-order valence-electron chi connectivity index (χ4n) is 3.70. The van der Waals surface area contributed by atoms with Crippen molar-refractivity contribution in [1.29, 1.82) is 0 Å². The molecule has 1 amide bonds. The number of para-hydroxylation sites is 1. The van der Waals surface area contributed by atoms with Crippen molar-refractivity contribution in [3.05, 3.63) is 58.2 Å². The van der Waals surface area contributed by atoms with Crippen LogP contribution in [-0.2, 0) is 11.2 Å². The van der Waals surface area contributed by atoms with Gasteiger partial charge in [-0.1, -0.05) is 18.2 Å². The highest BCUT2D eigenvalue weighted by Gasteiger charge is 2.33. The number of hydrogen-bond acceptors (Lipinski definition) is 6. The summed E-state index contributed by atoms with van der Waals surface area (Å²) in [7, 11) is 0. The van der Waals surface area contributed by atoms with Gasteiger partial charge in [-0.05, 0) is 43.3 Å². The number of aromatic nitrogens is 2. The molecule has 0 aliphatic carbocycles. The van der Waals surface area contributed by atoms with Gasteiger partial charge in [0, 0.05) is 6.54 Å². The largest absolute Gasteiger partial charge is 0.440 e. The number of rotatable bonds is 4. The average molecular weight is 410 g/mol. The van der Waals surface area contributed by atoms with E-state index in [9.17, 15) is 4.79 Å². The van der Waals surface area contributed by atoms with E-state index >= 15 is 0 Å². The first kappa shape index (κ1) is 17.6. The molecular formula is C21H19N3O2S2. The van der Waals surface area contributed by atoms with Gasteiger partial charge in [0.25, 0.3) is 0 Å². The third-order valence-corrected chi connectivity index (χ3v) is 7.11. The Balaban J connectivity index is 1.37. The van der Waals surface area contributed by atoms with E-state index in [1.54, 1.807) is 22.7 Å². The molecule has 28 heavy (non-hydrogen) atoms. The molecule has 5 rings (SSSR count). The lowest BCUT2D eigenvalue weighted by molar-refractivity contribution is -0.131. The van der Waals surface area contributed by atoms with Gasteiger partial charge in [-0.25, -0.2) is 9.97 Å². The summed E-state index contributed by atoms with van der Waals surface area (Å²) in [4.78, 5) is 25.4. The minimum atomic E-state index is 0.0638. The van der Waals surface area contributed by atoms with Gasteiger partial charge in [-0.15, -0.1) is 22.7 Å². The van der Waals surface area contributed by atoms with Crippen molar-refractivity contribution < 1.29 is 9.21 Å². The molecule has 142 valence electrons. The van der Waals surface area contributed by atoms with E-state index in [-0.39, 0.29) is 18.4 Å². The van der Waals surface area contributed by atoms with E-state index in [1.807, 2.05) is 47.5 Å². The van der Waals surface area contributed by atoms with E-state index in [2.05, 4.69) is 11.1 Å². The first-order valence-electron chi connectivity index (χ1n) is 9.34. The van der Waals surface area contributed by atoms with Gasteiger partial charge in [-0.3, -0.25) is 4.79 Å². The molecule has 1 atom stereocenters. The van der Waals surface area contributed by atoms with Crippen LogP contribution in [0.3, 0.4) is 0 Å². The summed E-state index contributed by atoms with van der Waals surface area (Å²) in [6.45, 7) is 2.65. The number of oxazole rings is 1. The van der Waals surface area contributed by atoms with Gasteiger partial charge in [-0.2, -0.15) is 0 Å². The molecule has 3 aromatic heterocycles. The molecule has 0 spiro atoms. The molecule has 1 aromatic carbocycles. The van der Waals surface area contributed by atoms with Crippen LogP contribution in [0.1, 0.15) is 35.3 Å². The molecule has 0 bridgehead atoms. The second-order valence-corrected chi connectivity index (χ2v) is 8.95. The number of amides is 1. The molecule has 4 aromatic rings. The zero-order valence-electron chi connectivity index (χ0n) is 15.4. The van der Waals surface area contributed by atoms with E-state index in [4.69, 9.17) is 9.40 Å². The van der Waals surface area contributed by atoms with Crippen LogP contribution in [0.2, 0.25) is 0 Å². The number of thiophene rings is 1. The third kappa shape index (κ3) is 3.14. The molecule has 7 heteroatoms. The summed E-state index contributed by atoms with van der Waals surface area (Å²) in [5.74, 6) is 1.41. The molecular weight excluding hydrogens is 390 g/mol. The molecule has 0 saturated carbocycles. The molecule has 1 saturated heterocycles. The van der Waals surface area contributed by atoms with Crippen LogP contribution in [0.25, 0.3) is 21.0 Å². The van der Waals surface area contributed by atoms with Crippen molar-refractivity contribution in [2.45, 2.75) is 32.2 Å².